The van der Waals surface area contributed by atoms with Gasteiger partial charge in [-0.2, -0.15) is 4.31 Å². The van der Waals surface area contributed by atoms with E-state index in [-0.39, 0.29) is 23.4 Å². The van der Waals surface area contributed by atoms with Crippen molar-refractivity contribution in [3.63, 3.8) is 0 Å². The quantitative estimate of drug-likeness (QED) is 0.690. The number of hydrogen-bond acceptors (Lipinski definition) is 5. The first-order valence-electron chi connectivity index (χ1n) is 10.0. The van der Waals surface area contributed by atoms with Crippen molar-refractivity contribution in [2.75, 3.05) is 19.3 Å². The summed E-state index contributed by atoms with van der Waals surface area (Å²) in [5.41, 5.74) is 1.75. The Labute approximate surface area is 173 Å². The van der Waals surface area contributed by atoms with Crippen molar-refractivity contribution in [2.24, 2.45) is 11.3 Å². The van der Waals surface area contributed by atoms with Crippen LogP contribution in [0.1, 0.15) is 39.4 Å². The summed E-state index contributed by atoms with van der Waals surface area (Å²) in [5.74, 6) is 1.69. The predicted octanol–water partition coefficient (Wildman–Crippen LogP) is 2.45. The second kappa shape index (κ2) is 6.78. The Morgan fingerprint density at radius 3 is 2.31 bits per heavy atom. The molecule has 1 saturated carbocycles. The summed E-state index contributed by atoms with van der Waals surface area (Å²) in [6.45, 7) is 7.49. The van der Waals surface area contributed by atoms with E-state index < -0.39 is 25.1 Å². The van der Waals surface area contributed by atoms with Crippen LogP contribution in [0.2, 0.25) is 0 Å². The molecular formula is C20H29N3O4S2. The van der Waals surface area contributed by atoms with Gasteiger partial charge in [0.15, 0.2) is 9.84 Å². The van der Waals surface area contributed by atoms with E-state index in [2.05, 4.69) is 25.3 Å². The lowest BCUT2D eigenvalue weighted by Crippen LogP contribution is -2.56. The minimum absolute atomic E-state index is 0.0185. The highest BCUT2D eigenvalue weighted by Crippen LogP contribution is 2.34. The second-order valence-electron chi connectivity index (χ2n) is 9.72. The average Bonchev–Trinajstić information content (AvgIpc) is 3.25. The molecule has 29 heavy (non-hydrogen) atoms. The molecule has 9 heteroatoms. The number of hydrogen-bond donors (Lipinski definition) is 0. The fraction of sp³-hybridized carbons (Fsp3) is 0.650. The molecule has 1 aromatic carbocycles. The summed E-state index contributed by atoms with van der Waals surface area (Å²) in [6, 6.07) is 5.16. The van der Waals surface area contributed by atoms with E-state index in [0.717, 1.165) is 30.6 Å². The first-order chi connectivity index (χ1) is 13.3. The fourth-order valence-electron chi connectivity index (χ4n) is 3.77. The summed E-state index contributed by atoms with van der Waals surface area (Å²) in [7, 11) is -6.94. The van der Waals surface area contributed by atoms with Gasteiger partial charge in [-0.25, -0.2) is 21.8 Å². The molecule has 0 bridgehead atoms. The molecule has 0 N–H and O–H groups in total. The van der Waals surface area contributed by atoms with E-state index in [9.17, 15) is 16.8 Å². The maximum absolute atomic E-state index is 13.0. The van der Waals surface area contributed by atoms with Crippen LogP contribution in [0.3, 0.4) is 0 Å². The van der Waals surface area contributed by atoms with Crippen molar-refractivity contribution >= 4 is 30.9 Å². The number of imidazole rings is 1. The van der Waals surface area contributed by atoms with Crippen molar-refractivity contribution in [1.82, 2.24) is 13.9 Å². The van der Waals surface area contributed by atoms with Crippen LogP contribution in [0.15, 0.2) is 23.1 Å². The van der Waals surface area contributed by atoms with Crippen LogP contribution in [0, 0.1) is 11.3 Å². The molecule has 7 nitrogen and oxygen atoms in total. The Balaban J connectivity index is 1.67. The van der Waals surface area contributed by atoms with Gasteiger partial charge < -0.3 is 4.57 Å². The Kier molecular flexibility index (Phi) is 4.87. The van der Waals surface area contributed by atoms with Gasteiger partial charge in [0.05, 0.1) is 27.4 Å². The van der Waals surface area contributed by atoms with Crippen molar-refractivity contribution < 1.29 is 16.8 Å². The topological polar surface area (TPSA) is 89.3 Å². The first kappa shape index (κ1) is 20.8. The zero-order valence-electron chi connectivity index (χ0n) is 17.4. The minimum Gasteiger partial charge on any atom is -0.328 e. The normalized spacial score (nSPS) is 19.6. The largest absolute Gasteiger partial charge is 0.328 e. The molecule has 1 aliphatic carbocycles. The van der Waals surface area contributed by atoms with Gasteiger partial charge in [-0.15, -0.1) is 0 Å². The van der Waals surface area contributed by atoms with Crippen molar-refractivity contribution in [1.29, 1.82) is 0 Å². The van der Waals surface area contributed by atoms with Crippen molar-refractivity contribution in [3.8, 4) is 0 Å². The van der Waals surface area contributed by atoms with Gasteiger partial charge in [0.1, 0.15) is 5.82 Å². The van der Waals surface area contributed by atoms with Gasteiger partial charge in [-0.1, -0.05) is 20.8 Å². The number of sulfone groups is 1. The maximum atomic E-state index is 13.0. The smallest absolute Gasteiger partial charge is 0.211 e. The SMILES string of the molecule is CC(C)(C)Cc1nc2cc(S(=O)(=O)C3CN(S(C)(=O)=O)C3)ccc2n1CC1CC1. The number of sulfonamides is 1. The van der Waals surface area contributed by atoms with Crippen LogP contribution in [-0.4, -0.2) is 55.3 Å². The van der Waals surface area contributed by atoms with Crippen molar-refractivity contribution in [3.05, 3.63) is 24.0 Å². The van der Waals surface area contributed by atoms with Crippen LogP contribution < -0.4 is 0 Å². The van der Waals surface area contributed by atoms with E-state index in [1.165, 1.54) is 17.1 Å². The van der Waals surface area contributed by atoms with Gasteiger partial charge in [0.25, 0.3) is 0 Å². The molecule has 0 amide bonds. The van der Waals surface area contributed by atoms with Gasteiger partial charge in [-0.3, -0.25) is 0 Å². The van der Waals surface area contributed by atoms with Crippen LogP contribution in [0.25, 0.3) is 11.0 Å². The van der Waals surface area contributed by atoms with E-state index in [1.807, 2.05) is 6.07 Å². The Morgan fingerprint density at radius 2 is 1.76 bits per heavy atom. The highest BCUT2D eigenvalue weighted by Gasteiger charge is 2.42. The van der Waals surface area contributed by atoms with Crippen LogP contribution in [-0.2, 0) is 32.8 Å². The van der Waals surface area contributed by atoms with Crippen LogP contribution in [0.5, 0.6) is 0 Å². The second-order valence-corrected chi connectivity index (χ2v) is 13.9. The Hall–Kier alpha value is -1.45. The Bertz CT molecular complexity index is 1150. The third-order valence-corrected chi connectivity index (χ3v) is 9.00. The maximum Gasteiger partial charge on any atom is 0.211 e. The van der Waals surface area contributed by atoms with E-state index in [0.29, 0.717) is 11.4 Å². The molecule has 2 aliphatic rings. The van der Waals surface area contributed by atoms with Gasteiger partial charge in [0.2, 0.25) is 10.0 Å². The molecule has 160 valence electrons. The minimum atomic E-state index is -3.59. The molecule has 0 radical (unpaired) electrons. The van der Waals surface area contributed by atoms with Gasteiger partial charge in [-0.05, 0) is 42.4 Å². The zero-order chi connectivity index (χ0) is 21.2. The standard InChI is InChI=1S/C20H29N3O4S2/c1-20(2,3)10-19-21-17-9-15(7-8-18(17)23(19)11-14-5-6-14)29(26,27)16-12-22(13-16)28(4,24)25/h7-9,14,16H,5-6,10-13H2,1-4H3. The Morgan fingerprint density at radius 1 is 1.10 bits per heavy atom. The van der Waals surface area contributed by atoms with Gasteiger partial charge in [0, 0.05) is 26.1 Å². The third-order valence-electron chi connectivity index (χ3n) is 5.68. The molecule has 4 rings (SSSR count). The van der Waals surface area contributed by atoms with Crippen LogP contribution >= 0.6 is 0 Å². The summed E-state index contributed by atoms with van der Waals surface area (Å²) in [6.07, 6.45) is 4.40. The number of aromatic nitrogens is 2. The molecule has 2 aromatic rings. The average molecular weight is 440 g/mol. The van der Waals surface area contributed by atoms with Crippen molar-refractivity contribution in [2.45, 2.75) is 56.7 Å². The van der Waals surface area contributed by atoms with Crippen LogP contribution in [0.4, 0.5) is 0 Å². The van der Waals surface area contributed by atoms with Gasteiger partial charge >= 0.3 is 0 Å². The molecule has 0 unspecified atom stereocenters. The third kappa shape index (κ3) is 4.22. The summed E-state index contributed by atoms with van der Waals surface area (Å²) >= 11 is 0. The monoisotopic (exact) mass is 439 g/mol. The molecule has 1 aromatic heterocycles. The van der Waals surface area contributed by atoms with E-state index in [1.54, 1.807) is 12.1 Å². The fourth-order valence-corrected chi connectivity index (χ4v) is 6.53. The number of rotatable bonds is 6. The highest BCUT2D eigenvalue weighted by molar-refractivity contribution is 7.92. The molecule has 0 atom stereocenters. The van der Waals surface area contributed by atoms with E-state index >= 15 is 0 Å². The number of benzene rings is 1. The summed E-state index contributed by atoms with van der Waals surface area (Å²) in [5, 5.41) is -0.697. The number of nitrogens with zero attached hydrogens (tertiary/aromatic N) is 3. The first-order valence-corrected chi connectivity index (χ1v) is 13.4. The zero-order valence-corrected chi connectivity index (χ0v) is 19.1. The number of fused-ring (bicyclic) bond motifs is 1. The highest BCUT2D eigenvalue weighted by atomic mass is 32.2. The molecule has 0 spiro atoms. The summed E-state index contributed by atoms with van der Waals surface area (Å²) in [4.78, 5) is 5.03. The lowest BCUT2D eigenvalue weighted by Gasteiger charge is -2.36. The molecule has 2 fully saturated rings. The predicted molar refractivity (Wildman–Crippen MR) is 113 cm³/mol. The van der Waals surface area contributed by atoms with E-state index in [4.69, 9.17) is 4.98 Å². The lowest BCUT2D eigenvalue weighted by atomic mass is 9.92. The molecular weight excluding hydrogens is 410 g/mol. The molecule has 1 saturated heterocycles. The lowest BCUT2D eigenvalue weighted by molar-refractivity contribution is 0.312. The molecule has 2 heterocycles. The molecule has 1 aliphatic heterocycles. The summed E-state index contributed by atoms with van der Waals surface area (Å²) < 4.78 is 52.5.